The fraction of sp³-hybridized carbons (Fsp3) is 0.625. The Morgan fingerprint density at radius 1 is 1.48 bits per heavy atom. The Hall–Kier alpha value is -0.810. The van der Waals surface area contributed by atoms with Crippen molar-refractivity contribution in [1.82, 2.24) is 4.90 Å². The molecule has 1 aliphatic heterocycles. The van der Waals surface area contributed by atoms with Crippen molar-refractivity contribution in [2.24, 2.45) is 5.73 Å². The zero-order valence-corrected chi connectivity index (χ0v) is 13.2. The molecule has 3 unspecified atom stereocenters. The van der Waals surface area contributed by atoms with Crippen molar-refractivity contribution < 1.29 is 9.47 Å². The standard InChI is InChI=1S/C16H23ClN2O2/c1-20-15-6-5-11(9-12(15)17)14(10-18)19-7-8-21-16-4-2-3-13(16)19/h5-6,9,13-14,16H,2-4,7-8,10,18H2,1H3. The van der Waals surface area contributed by atoms with Gasteiger partial charge >= 0.3 is 0 Å². The summed E-state index contributed by atoms with van der Waals surface area (Å²) in [6, 6.07) is 6.67. The van der Waals surface area contributed by atoms with Gasteiger partial charge in [-0.05, 0) is 37.0 Å². The second kappa shape index (κ2) is 6.53. The topological polar surface area (TPSA) is 47.7 Å². The van der Waals surface area contributed by atoms with Gasteiger partial charge in [0.25, 0.3) is 0 Å². The number of halogens is 1. The van der Waals surface area contributed by atoms with Gasteiger partial charge in [0.1, 0.15) is 5.75 Å². The quantitative estimate of drug-likeness (QED) is 0.928. The maximum Gasteiger partial charge on any atom is 0.137 e. The van der Waals surface area contributed by atoms with Crippen LogP contribution in [0.15, 0.2) is 18.2 Å². The van der Waals surface area contributed by atoms with Crippen LogP contribution in [-0.4, -0.2) is 43.9 Å². The number of ether oxygens (including phenoxy) is 2. The van der Waals surface area contributed by atoms with Gasteiger partial charge in [0, 0.05) is 25.2 Å². The molecule has 21 heavy (non-hydrogen) atoms. The van der Waals surface area contributed by atoms with Gasteiger partial charge in [-0.3, -0.25) is 4.90 Å². The highest BCUT2D eigenvalue weighted by molar-refractivity contribution is 6.32. The van der Waals surface area contributed by atoms with Crippen LogP contribution >= 0.6 is 11.6 Å². The van der Waals surface area contributed by atoms with Crippen LogP contribution in [0.5, 0.6) is 5.75 Å². The maximum absolute atomic E-state index is 6.27. The van der Waals surface area contributed by atoms with Crippen LogP contribution in [0.1, 0.15) is 30.9 Å². The molecule has 0 amide bonds. The third kappa shape index (κ3) is 2.90. The predicted octanol–water partition coefficient (Wildman–Crippen LogP) is 2.60. The summed E-state index contributed by atoms with van der Waals surface area (Å²) in [5.74, 6) is 0.705. The zero-order valence-electron chi connectivity index (χ0n) is 12.4. The van der Waals surface area contributed by atoms with E-state index < -0.39 is 0 Å². The average Bonchev–Trinajstić information content (AvgIpc) is 2.97. The van der Waals surface area contributed by atoms with Gasteiger partial charge in [0.05, 0.1) is 24.8 Å². The minimum atomic E-state index is 0.197. The van der Waals surface area contributed by atoms with E-state index in [1.807, 2.05) is 12.1 Å². The highest BCUT2D eigenvalue weighted by Gasteiger charge is 2.39. The summed E-state index contributed by atoms with van der Waals surface area (Å²) in [5.41, 5.74) is 7.25. The lowest BCUT2D eigenvalue weighted by Crippen LogP contribution is -2.51. The summed E-state index contributed by atoms with van der Waals surface area (Å²) in [4.78, 5) is 2.51. The molecule has 2 fully saturated rings. The fourth-order valence-corrected chi connectivity index (χ4v) is 3.96. The Morgan fingerprint density at radius 3 is 3.05 bits per heavy atom. The SMILES string of the molecule is COc1ccc(C(CN)N2CCOC3CCCC32)cc1Cl. The minimum Gasteiger partial charge on any atom is -0.495 e. The van der Waals surface area contributed by atoms with E-state index in [0.717, 1.165) is 18.7 Å². The van der Waals surface area contributed by atoms with Crippen molar-refractivity contribution in [1.29, 1.82) is 0 Å². The van der Waals surface area contributed by atoms with Gasteiger partial charge in [-0.15, -0.1) is 0 Å². The monoisotopic (exact) mass is 310 g/mol. The first-order valence-electron chi connectivity index (χ1n) is 7.65. The molecule has 0 bridgehead atoms. The predicted molar refractivity (Wildman–Crippen MR) is 83.9 cm³/mol. The molecule has 2 aliphatic rings. The van der Waals surface area contributed by atoms with Gasteiger partial charge in [-0.2, -0.15) is 0 Å². The first kappa shape index (κ1) is 15.1. The van der Waals surface area contributed by atoms with Crippen LogP contribution in [0.3, 0.4) is 0 Å². The molecule has 4 nitrogen and oxygen atoms in total. The van der Waals surface area contributed by atoms with E-state index >= 15 is 0 Å². The van der Waals surface area contributed by atoms with Crippen molar-refractivity contribution in [3.8, 4) is 5.75 Å². The first-order chi connectivity index (χ1) is 10.2. The Labute approximate surface area is 131 Å². The molecule has 0 radical (unpaired) electrons. The number of fused-ring (bicyclic) bond motifs is 1. The Balaban J connectivity index is 1.85. The number of methoxy groups -OCH3 is 1. The van der Waals surface area contributed by atoms with Crippen molar-refractivity contribution in [3.63, 3.8) is 0 Å². The van der Waals surface area contributed by atoms with Crippen molar-refractivity contribution in [2.75, 3.05) is 26.8 Å². The van der Waals surface area contributed by atoms with Gasteiger partial charge in [-0.1, -0.05) is 17.7 Å². The molecule has 0 spiro atoms. The molecule has 1 saturated carbocycles. The number of hydrogen-bond acceptors (Lipinski definition) is 4. The lowest BCUT2D eigenvalue weighted by Gasteiger charge is -2.42. The summed E-state index contributed by atoms with van der Waals surface area (Å²) in [5, 5.41) is 0.643. The second-order valence-corrected chi connectivity index (χ2v) is 6.20. The van der Waals surface area contributed by atoms with Crippen molar-refractivity contribution in [3.05, 3.63) is 28.8 Å². The molecule has 5 heteroatoms. The molecule has 116 valence electrons. The molecule has 1 aromatic rings. The summed E-state index contributed by atoms with van der Waals surface area (Å²) in [7, 11) is 1.63. The van der Waals surface area contributed by atoms with Crippen LogP contribution in [-0.2, 0) is 4.74 Å². The third-order valence-electron chi connectivity index (χ3n) is 4.71. The number of morpholine rings is 1. The summed E-state index contributed by atoms with van der Waals surface area (Å²) >= 11 is 6.27. The largest absolute Gasteiger partial charge is 0.495 e. The summed E-state index contributed by atoms with van der Waals surface area (Å²) < 4.78 is 11.1. The van der Waals surface area contributed by atoms with Gasteiger partial charge in [0.15, 0.2) is 0 Å². The number of nitrogens with two attached hydrogens (primary N) is 1. The maximum atomic E-state index is 6.27. The molecular formula is C16H23ClN2O2. The molecule has 1 aromatic carbocycles. The lowest BCUT2D eigenvalue weighted by molar-refractivity contribution is -0.0711. The van der Waals surface area contributed by atoms with Crippen LogP contribution in [0.25, 0.3) is 0 Å². The minimum absolute atomic E-state index is 0.197. The van der Waals surface area contributed by atoms with E-state index in [4.69, 9.17) is 26.8 Å². The highest BCUT2D eigenvalue weighted by Crippen LogP contribution is 2.36. The summed E-state index contributed by atoms with van der Waals surface area (Å²) in [6.45, 7) is 2.32. The molecule has 3 atom stereocenters. The molecule has 0 aromatic heterocycles. The van der Waals surface area contributed by atoms with E-state index in [1.54, 1.807) is 7.11 Å². The van der Waals surface area contributed by atoms with Crippen molar-refractivity contribution >= 4 is 11.6 Å². The molecule has 1 heterocycles. The molecule has 2 N–H and O–H groups in total. The first-order valence-corrected chi connectivity index (χ1v) is 8.03. The number of benzene rings is 1. The number of nitrogens with zero attached hydrogens (tertiary/aromatic N) is 1. The van der Waals surface area contributed by atoms with Crippen molar-refractivity contribution in [2.45, 2.75) is 37.5 Å². The van der Waals surface area contributed by atoms with E-state index in [1.165, 1.54) is 19.3 Å². The Morgan fingerprint density at radius 2 is 2.33 bits per heavy atom. The Kier molecular flexibility index (Phi) is 4.69. The molecule has 3 rings (SSSR count). The van der Waals surface area contributed by atoms with Gasteiger partial charge in [-0.25, -0.2) is 0 Å². The number of rotatable bonds is 4. The normalized spacial score (nSPS) is 27.4. The van der Waals surface area contributed by atoms with Crippen LogP contribution in [0.4, 0.5) is 0 Å². The van der Waals surface area contributed by atoms with Crippen LogP contribution < -0.4 is 10.5 Å². The van der Waals surface area contributed by atoms with Gasteiger partial charge in [0.2, 0.25) is 0 Å². The molecular weight excluding hydrogens is 288 g/mol. The molecule has 1 aliphatic carbocycles. The fourth-order valence-electron chi connectivity index (χ4n) is 3.70. The smallest absolute Gasteiger partial charge is 0.137 e. The lowest BCUT2D eigenvalue weighted by atomic mass is 10.0. The second-order valence-electron chi connectivity index (χ2n) is 5.79. The van der Waals surface area contributed by atoms with E-state index in [-0.39, 0.29) is 6.04 Å². The third-order valence-corrected chi connectivity index (χ3v) is 5.00. The van der Waals surface area contributed by atoms with Crippen LogP contribution in [0, 0.1) is 0 Å². The van der Waals surface area contributed by atoms with E-state index in [2.05, 4.69) is 11.0 Å². The van der Waals surface area contributed by atoms with Gasteiger partial charge < -0.3 is 15.2 Å². The Bertz CT molecular complexity index is 497. The summed E-state index contributed by atoms with van der Waals surface area (Å²) in [6.07, 6.45) is 3.99. The zero-order chi connectivity index (χ0) is 14.8. The van der Waals surface area contributed by atoms with E-state index in [9.17, 15) is 0 Å². The number of hydrogen-bond donors (Lipinski definition) is 1. The van der Waals surface area contributed by atoms with E-state index in [0.29, 0.717) is 29.5 Å². The average molecular weight is 311 g/mol. The highest BCUT2D eigenvalue weighted by atomic mass is 35.5. The van der Waals surface area contributed by atoms with Crippen LogP contribution in [0.2, 0.25) is 5.02 Å². The molecule has 1 saturated heterocycles.